The zero-order valence-electron chi connectivity index (χ0n) is 1.29. The Morgan fingerprint density at radius 1 is 1.00 bits per heavy atom. The molecular weight excluding hydrogens is 681 g/mol. The summed E-state index contributed by atoms with van der Waals surface area (Å²) in [6.45, 7) is 0. The number of rotatable bonds is 0. The van der Waals surface area contributed by atoms with Crippen LogP contribution in [-0.4, -0.2) is 25.8 Å². The second-order valence-electron chi connectivity index (χ2n) is 0. The van der Waals surface area contributed by atoms with E-state index in [9.17, 15) is 0 Å². The summed E-state index contributed by atoms with van der Waals surface area (Å²) in [4.78, 5) is 0. The van der Waals surface area contributed by atoms with Gasteiger partial charge in [-0.15, -0.1) is 0 Å². The largest absolute Gasteiger partial charge is 0 e. The van der Waals surface area contributed by atoms with Gasteiger partial charge in [-0.25, -0.2) is 0 Å². The van der Waals surface area contributed by atoms with Crippen LogP contribution in [0.1, 0.15) is 0 Å². The molecule has 0 unspecified atom stereocenters. The van der Waals surface area contributed by atoms with Gasteiger partial charge >= 0.3 is 25.8 Å². The monoisotopic (exact) mass is 686 g/mol. The Balaban J connectivity index is 0. The van der Waals surface area contributed by atoms with Crippen LogP contribution in [0, 0.1) is 36.9 Å². The fraction of sp³-hybridized carbons (Fsp3) is 0. The normalized spacial score (nSPS) is 0. The van der Waals surface area contributed by atoms with Gasteiger partial charge in [-0.3, -0.25) is 0 Å². The van der Waals surface area contributed by atoms with Crippen molar-refractivity contribution in [3.05, 3.63) is 0 Å². The maximum Gasteiger partial charge on any atom is 0 e. The van der Waals surface area contributed by atoms with Gasteiger partial charge in [0.15, 0.2) is 0 Å². The average Bonchev–Trinajstić information content (AvgIpc) is 0. The molecular formula is H3AuHgInTm. The quantitative estimate of drug-likeness (QED) is 0.282. The molecule has 0 aliphatic heterocycles. The maximum atomic E-state index is 0. The van der Waals surface area contributed by atoms with E-state index in [1.54, 1.807) is 0 Å². The van der Waals surface area contributed by atoms with Crippen molar-refractivity contribution in [3.63, 3.8) is 0 Å². The van der Waals surface area contributed by atoms with Crippen molar-refractivity contribution in [2.45, 2.75) is 0 Å². The van der Waals surface area contributed by atoms with Crippen LogP contribution in [0.5, 0.6) is 0 Å². The molecule has 32 valence electrons. The molecule has 0 N–H and O–H groups in total. The molecule has 0 atom stereocenters. The Bertz CT molecular complexity index is 8.00. The van der Waals surface area contributed by atoms with Crippen LogP contribution < -0.4 is 0 Å². The van der Waals surface area contributed by atoms with E-state index >= 15 is 0 Å². The van der Waals surface area contributed by atoms with Crippen molar-refractivity contribution < 1.29 is 86.9 Å². The molecule has 0 bridgehead atoms. The van der Waals surface area contributed by atoms with Gasteiger partial charge in [-0.2, -0.15) is 0 Å². The third-order valence-corrected chi connectivity index (χ3v) is 0. The Labute approximate surface area is 110 Å². The van der Waals surface area contributed by atoms with Gasteiger partial charge in [0.1, 0.15) is 0 Å². The van der Waals surface area contributed by atoms with E-state index < -0.39 is 0 Å². The molecule has 4 heteroatoms. The van der Waals surface area contributed by atoms with E-state index in [4.69, 9.17) is 0 Å². The SMILES string of the molecule is [Au].[Hg].[InH3].[Tm]. The van der Waals surface area contributed by atoms with Gasteiger partial charge in [-0.1, -0.05) is 0 Å². The van der Waals surface area contributed by atoms with Gasteiger partial charge < -0.3 is 0 Å². The van der Waals surface area contributed by atoms with Crippen LogP contribution in [0.25, 0.3) is 0 Å². The van der Waals surface area contributed by atoms with Gasteiger partial charge in [-0.05, 0) is 0 Å². The minimum absolute atomic E-state index is 0. The van der Waals surface area contributed by atoms with Gasteiger partial charge in [0, 0.05) is 86.9 Å². The van der Waals surface area contributed by atoms with E-state index in [-0.39, 0.29) is 113 Å². The van der Waals surface area contributed by atoms with E-state index in [0.717, 1.165) is 0 Å². The summed E-state index contributed by atoms with van der Waals surface area (Å²) in [7, 11) is 0. The topological polar surface area (TPSA) is 0 Å². The summed E-state index contributed by atoms with van der Waals surface area (Å²) in [6.07, 6.45) is 0. The van der Waals surface area contributed by atoms with Crippen LogP contribution in [0.15, 0.2) is 0 Å². The zero-order chi connectivity index (χ0) is 0. The average molecular weight is 684 g/mol. The van der Waals surface area contributed by atoms with Gasteiger partial charge in [0.2, 0.25) is 0 Å². The third kappa shape index (κ3) is 9.24. The molecule has 0 aromatic heterocycles. The van der Waals surface area contributed by atoms with E-state index in [1.807, 2.05) is 0 Å². The molecule has 0 nitrogen and oxygen atoms in total. The Kier molecular flexibility index (Phi) is 99.2. The molecule has 0 saturated heterocycles. The molecule has 2 radical (unpaired) electrons. The number of hydrogen-bond acceptors (Lipinski definition) is 0. The minimum Gasteiger partial charge on any atom is 0 e. The van der Waals surface area contributed by atoms with Crippen molar-refractivity contribution in [1.29, 1.82) is 0 Å². The molecule has 0 aromatic carbocycles. The Morgan fingerprint density at radius 3 is 1.00 bits per heavy atom. The Hall–Kier alpha value is 3.78. The molecule has 0 fully saturated rings. The van der Waals surface area contributed by atoms with Crippen molar-refractivity contribution in [2.24, 2.45) is 0 Å². The summed E-state index contributed by atoms with van der Waals surface area (Å²) in [5, 5.41) is 0. The maximum absolute atomic E-state index is 0. The molecule has 0 aliphatic carbocycles. The molecule has 0 spiro atoms. The van der Waals surface area contributed by atoms with Gasteiger partial charge in [0.25, 0.3) is 0 Å². The second kappa shape index (κ2) is 15.9. The first-order valence-electron chi connectivity index (χ1n) is 0. The molecule has 0 rings (SSSR count). The predicted octanol–water partition coefficient (Wildman–Crippen LogP) is -1.19. The molecule has 0 aromatic rings. The standard InChI is InChI=1S/Au.Hg.In.Tm.3H. The fourth-order valence-corrected chi connectivity index (χ4v) is 0. The Morgan fingerprint density at radius 2 is 1.00 bits per heavy atom. The summed E-state index contributed by atoms with van der Waals surface area (Å²) in [5.41, 5.74) is 0. The minimum atomic E-state index is 0. The summed E-state index contributed by atoms with van der Waals surface area (Å²) in [6, 6.07) is 0. The van der Waals surface area contributed by atoms with E-state index in [2.05, 4.69) is 0 Å². The van der Waals surface area contributed by atoms with Crippen LogP contribution >= 0.6 is 0 Å². The molecule has 0 saturated carbocycles. The second-order valence-corrected chi connectivity index (χ2v) is 0. The molecule has 0 aliphatic rings. The molecule has 0 amide bonds. The first-order chi connectivity index (χ1) is 0. The van der Waals surface area contributed by atoms with Gasteiger partial charge in [0.05, 0.1) is 0 Å². The van der Waals surface area contributed by atoms with Crippen molar-refractivity contribution in [2.75, 3.05) is 0 Å². The van der Waals surface area contributed by atoms with Crippen molar-refractivity contribution in [1.82, 2.24) is 0 Å². The summed E-state index contributed by atoms with van der Waals surface area (Å²) >= 11 is 0. The molecule has 4 heavy (non-hydrogen) atoms. The van der Waals surface area contributed by atoms with Crippen molar-refractivity contribution in [3.8, 4) is 0 Å². The van der Waals surface area contributed by atoms with E-state index in [0.29, 0.717) is 0 Å². The van der Waals surface area contributed by atoms with Crippen LogP contribution in [0.2, 0.25) is 0 Å². The fourth-order valence-electron chi connectivity index (χ4n) is 0. The van der Waals surface area contributed by atoms with Crippen molar-refractivity contribution >= 4 is 25.8 Å². The van der Waals surface area contributed by atoms with Crippen LogP contribution in [-0.2, 0) is 50.0 Å². The first kappa shape index (κ1) is 25.0. The number of hydrogen-bond donors (Lipinski definition) is 0. The third-order valence-electron chi connectivity index (χ3n) is 0. The molecule has 0 heterocycles. The smallest absolute Gasteiger partial charge is 0 e. The summed E-state index contributed by atoms with van der Waals surface area (Å²) < 4.78 is 0. The summed E-state index contributed by atoms with van der Waals surface area (Å²) in [5.74, 6) is 0. The van der Waals surface area contributed by atoms with Crippen LogP contribution in [0.4, 0.5) is 0 Å². The van der Waals surface area contributed by atoms with E-state index in [1.165, 1.54) is 0 Å². The zero-order valence-corrected chi connectivity index (χ0v) is 10.7. The first-order valence-corrected chi connectivity index (χ1v) is 0. The predicted molar refractivity (Wildman–Crippen MR) is 9.94 cm³/mol. The van der Waals surface area contributed by atoms with Crippen LogP contribution in [0.3, 0.4) is 0 Å².